The van der Waals surface area contributed by atoms with Gasteiger partial charge in [-0.1, -0.05) is 0 Å². The van der Waals surface area contributed by atoms with E-state index in [-0.39, 0.29) is 0 Å². The summed E-state index contributed by atoms with van der Waals surface area (Å²) in [6, 6.07) is 0.597. The number of piperidine rings is 1. The van der Waals surface area contributed by atoms with Crippen molar-refractivity contribution < 1.29 is 5.11 Å². The number of rotatable bonds is 4. The normalized spacial score (nSPS) is 26.3. The molecular weight excluding hydrogens is 214 g/mol. The maximum atomic E-state index is 9.27. The molecule has 17 heavy (non-hydrogen) atoms. The van der Waals surface area contributed by atoms with Gasteiger partial charge in [0.15, 0.2) is 0 Å². The van der Waals surface area contributed by atoms with Crippen molar-refractivity contribution in [3.8, 4) is 0 Å². The molecule has 0 radical (unpaired) electrons. The number of aliphatic hydroxyl groups excluding tert-OH is 1. The average Bonchev–Trinajstić information content (AvgIpc) is 2.79. The molecule has 4 heteroatoms. The summed E-state index contributed by atoms with van der Waals surface area (Å²) in [5.41, 5.74) is 0. The number of aryl methyl sites for hydroxylation is 1. The first-order valence-electron chi connectivity index (χ1n) is 6.59. The molecule has 2 rings (SSSR count). The predicted molar refractivity (Wildman–Crippen MR) is 67.6 cm³/mol. The van der Waals surface area contributed by atoms with Crippen LogP contribution in [-0.2, 0) is 13.1 Å². The first-order chi connectivity index (χ1) is 8.24. The van der Waals surface area contributed by atoms with Gasteiger partial charge in [0, 0.05) is 38.1 Å². The Morgan fingerprint density at radius 2 is 2.29 bits per heavy atom. The molecule has 96 valence electrons. The second kappa shape index (κ2) is 5.65. The van der Waals surface area contributed by atoms with Crippen LogP contribution in [0.4, 0.5) is 0 Å². The lowest BCUT2D eigenvalue weighted by Crippen LogP contribution is -2.42. The molecule has 1 aliphatic heterocycles. The fourth-order valence-electron chi connectivity index (χ4n) is 2.59. The topological polar surface area (TPSA) is 41.3 Å². The van der Waals surface area contributed by atoms with E-state index in [1.165, 1.54) is 6.42 Å². The minimum Gasteiger partial charge on any atom is -0.396 e. The molecule has 0 aliphatic carbocycles. The molecule has 1 N–H and O–H groups in total. The second-order valence-corrected chi connectivity index (χ2v) is 5.03. The number of aliphatic hydroxyl groups is 1. The van der Waals surface area contributed by atoms with Crippen molar-refractivity contribution in [1.29, 1.82) is 0 Å². The highest BCUT2D eigenvalue weighted by Crippen LogP contribution is 2.22. The van der Waals surface area contributed by atoms with Crippen molar-refractivity contribution in [3.63, 3.8) is 0 Å². The number of hydrogen-bond acceptors (Lipinski definition) is 3. The molecular formula is C13H23N3O. The lowest BCUT2D eigenvalue weighted by molar-refractivity contribution is 0.0743. The Morgan fingerprint density at radius 1 is 1.47 bits per heavy atom. The molecule has 0 aromatic carbocycles. The van der Waals surface area contributed by atoms with Crippen LogP contribution in [0.5, 0.6) is 0 Å². The SMILES string of the molecule is CCn1ccnc1CN1CC(CO)CCC1C. The summed E-state index contributed by atoms with van der Waals surface area (Å²) in [5, 5.41) is 9.27. The average molecular weight is 237 g/mol. The highest BCUT2D eigenvalue weighted by atomic mass is 16.3. The predicted octanol–water partition coefficient (Wildman–Crippen LogP) is 1.50. The van der Waals surface area contributed by atoms with Gasteiger partial charge in [0.2, 0.25) is 0 Å². The van der Waals surface area contributed by atoms with Gasteiger partial charge in [-0.15, -0.1) is 0 Å². The van der Waals surface area contributed by atoms with E-state index in [1.807, 2.05) is 12.4 Å². The van der Waals surface area contributed by atoms with Crippen molar-refractivity contribution in [1.82, 2.24) is 14.5 Å². The van der Waals surface area contributed by atoms with Crippen molar-refractivity contribution in [2.24, 2.45) is 5.92 Å². The molecule has 0 amide bonds. The molecule has 0 saturated carbocycles. The quantitative estimate of drug-likeness (QED) is 0.862. The van der Waals surface area contributed by atoms with Crippen LogP contribution in [0, 0.1) is 5.92 Å². The maximum absolute atomic E-state index is 9.27. The van der Waals surface area contributed by atoms with Crippen molar-refractivity contribution >= 4 is 0 Å². The molecule has 0 bridgehead atoms. The Morgan fingerprint density at radius 3 is 3.00 bits per heavy atom. The van der Waals surface area contributed by atoms with Crippen LogP contribution in [0.2, 0.25) is 0 Å². The Bertz CT molecular complexity index is 350. The highest BCUT2D eigenvalue weighted by molar-refractivity contribution is 4.94. The molecule has 1 saturated heterocycles. The van der Waals surface area contributed by atoms with E-state index in [0.29, 0.717) is 18.6 Å². The van der Waals surface area contributed by atoms with Gasteiger partial charge >= 0.3 is 0 Å². The molecule has 2 heterocycles. The molecule has 1 aromatic rings. The first kappa shape index (κ1) is 12.6. The zero-order chi connectivity index (χ0) is 12.3. The molecule has 1 aromatic heterocycles. The van der Waals surface area contributed by atoms with Crippen molar-refractivity contribution in [2.45, 2.75) is 45.8 Å². The highest BCUT2D eigenvalue weighted by Gasteiger charge is 2.25. The largest absolute Gasteiger partial charge is 0.396 e. The van der Waals surface area contributed by atoms with Crippen LogP contribution in [0.1, 0.15) is 32.5 Å². The summed E-state index contributed by atoms with van der Waals surface area (Å²) in [4.78, 5) is 6.87. The first-order valence-corrected chi connectivity index (χ1v) is 6.59. The van der Waals surface area contributed by atoms with Gasteiger partial charge in [-0.2, -0.15) is 0 Å². The second-order valence-electron chi connectivity index (χ2n) is 5.03. The van der Waals surface area contributed by atoms with Gasteiger partial charge in [-0.05, 0) is 32.6 Å². The van der Waals surface area contributed by atoms with Gasteiger partial charge in [0.25, 0.3) is 0 Å². The van der Waals surface area contributed by atoms with Crippen molar-refractivity contribution in [3.05, 3.63) is 18.2 Å². The molecule has 1 fully saturated rings. The molecule has 1 aliphatic rings. The lowest BCUT2D eigenvalue weighted by atomic mass is 9.94. The Labute approximate surface area is 103 Å². The zero-order valence-corrected chi connectivity index (χ0v) is 10.8. The van der Waals surface area contributed by atoms with Gasteiger partial charge in [0.05, 0.1) is 6.54 Å². The molecule has 2 atom stereocenters. The summed E-state index contributed by atoms with van der Waals surface area (Å²) in [6.07, 6.45) is 6.24. The van der Waals surface area contributed by atoms with E-state index >= 15 is 0 Å². The van der Waals surface area contributed by atoms with Gasteiger partial charge < -0.3 is 9.67 Å². The molecule has 0 spiro atoms. The minimum absolute atomic E-state index is 0.311. The van der Waals surface area contributed by atoms with E-state index in [0.717, 1.165) is 31.9 Å². The van der Waals surface area contributed by atoms with Crippen molar-refractivity contribution in [2.75, 3.05) is 13.2 Å². The van der Waals surface area contributed by atoms with Crippen LogP contribution in [-0.4, -0.2) is 38.8 Å². The Kier molecular flexibility index (Phi) is 4.18. The fourth-order valence-corrected chi connectivity index (χ4v) is 2.59. The van der Waals surface area contributed by atoms with E-state index in [2.05, 4.69) is 28.3 Å². The standard InChI is InChI=1S/C13H23N3O/c1-3-15-7-6-14-13(15)9-16-8-12(10-17)5-4-11(16)2/h6-7,11-12,17H,3-5,8-10H2,1-2H3. The Hall–Kier alpha value is -0.870. The van der Waals surface area contributed by atoms with Crippen LogP contribution in [0.3, 0.4) is 0 Å². The maximum Gasteiger partial charge on any atom is 0.122 e. The smallest absolute Gasteiger partial charge is 0.122 e. The Balaban J connectivity index is 2.01. The third kappa shape index (κ3) is 2.87. The van der Waals surface area contributed by atoms with E-state index in [1.54, 1.807) is 0 Å². The molecule has 4 nitrogen and oxygen atoms in total. The van der Waals surface area contributed by atoms with E-state index in [9.17, 15) is 5.11 Å². The minimum atomic E-state index is 0.311. The van der Waals surface area contributed by atoms with Crippen LogP contribution in [0.15, 0.2) is 12.4 Å². The van der Waals surface area contributed by atoms with Gasteiger partial charge in [-0.25, -0.2) is 4.98 Å². The third-order valence-corrected chi connectivity index (χ3v) is 3.85. The van der Waals surface area contributed by atoms with Gasteiger partial charge in [-0.3, -0.25) is 4.90 Å². The lowest BCUT2D eigenvalue weighted by Gasteiger charge is -2.37. The fraction of sp³-hybridized carbons (Fsp3) is 0.769. The van der Waals surface area contributed by atoms with E-state index in [4.69, 9.17) is 0 Å². The summed E-state index contributed by atoms with van der Waals surface area (Å²) in [6.45, 7) is 7.59. The number of imidazole rings is 1. The van der Waals surface area contributed by atoms with Gasteiger partial charge in [0.1, 0.15) is 5.82 Å². The monoisotopic (exact) mass is 237 g/mol. The van der Waals surface area contributed by atoms with Crippen LogP contribution < -0.4 is 0 Å². The summed E-state index contributed by atoms with van der Waals surface area (Å²) in [5.74, 6) is 1.58. The summed E-state index contributed by atoms with van der Waals surface area (Å²) < 4.78 is 2.19. The summed E-state index contributed by atoms with van der Waals surface area (Å²) >= 11 is 0. The van der Waals surface area contributed by atoms with Crippen LogP contribution in [0.25, 0.3) is 0 Å². The number of likely N-dealkylation sites (tertiary alicyclic amines) is 1. The third-order valence-electron chi connectivity index (χ3n) is 3.85. The summed E-state index contributed by atoms with van der Waals surface area (Å²) in [7, 11) is 0. The number of aromatic nitrogens is 2. The number of hydrogen-bond donors (Lipinski definition) is 1. The number of nitrogens with zero attached hydrogens (tertiary/aromatic N) is 3. The molecule has 2 unspecified atom stereocenters. The van der Waals surface area contributed by atoms with Crippen LogP contribution >= 0.6 is 0 Å². The van der Waals surface area contributed by atoms with E-state index < -0.39 is 0 Å². The zero-order valence-electron chi connectivity index (χ0n) is 10.8.